The van der Waals surface area contributed by atoms with E-state index in [2.05, 4.69) is 36.4 Å². The lowest BCUT2D eigenvalue weighted by Crippen LogP contribution is -2.44. The van der Waals surface area contributed by atoms with Crippen LogP contribution in [0, 0.1) is 0 Å². The zero-order chi connectivity index (χ0) is 14.4. The van der Waals surface area contributed by atoms with Gasteiger partial charge in [0.15, 0.2) is 0 Å². The number of carbonyl (C=O) groups is 1. The molecule has 0 bridgehead atoms. The second kappa shape index (κ2) is 4.43. The SMILES string of the molecule is NC1(C(=O)N2Cc3ccccc3-c3ccccc3C2)CC1. The Balaban J connectivity index is 1.82. The third-order valence-corrected chi connectivity index (χ3v) is 4.55. The highest BCUT2D eigenvalue weighted by Crippen LogP contribution is 2.38. The predicted molar refractivity (Wildman–Crippen MR) is 82.3 cm³/mol. The number of nitrogens with two attached hydrogens (primary N) is 1. The smallest absolute Gasteiger partial charge is 0.243 e. The molecule has 1 amide bonds. The van der Waals surface area contributed by atoms with Gasteiger partial charge in [-0.1, -0.05) is 48.5 Å². The first-order valence-electron chi connectivity index (χ1n) is 7.42. The van der Waals surface area contributed by atoms with Crippen molar-refractivity contribution in [3.8, 4) is 11.1 Å². The molecule has 2 aromatic rings. The van der Waals surface area contributed by atoms with E-state index in [0.717, 1.165) is 12.8 Å². The largest absolute Gasteiger partial charge is 0.332 e. The number of fused-ring (bicyclic) bond motifs is 3. The lowest BCUT2D eigenvalue weighted by Gasteiger charge is -2.24. The van der Waals surface area contributed by atoms with Crippen LogP contribution in [0.3, 0.4) is 0 Å². The molecule has 1 aliphatic carbocycles. The molecule has 1 heterocycles. The van der Waals surface area contributed by atoms with Crippen molar-refractivity contribution in [2.24, 2.45) is 5.73 Å². The Bertz CT molecular complexity index is 671. The Morgan fingerprint density at radius 1 is 0.905 bits per heavy atom. The summed E-state index contributed by atoms with van der Waals surface area (Å²) in [6, 6.07) is 16.7. The van der Waals surface area contributed by atoms with Gasteiger partial charge < -0.3 is 10.6 Å². The molecule has 21 heavy (non-hydrogen) atoms. The Morgan fingerprint density at radius 3 is 1.86 bits per heavy atom. The summed E-state index contributed by atoms with van der Waals surface area (Å²) < 4.78 is 0. The van der Waals surface area contributed by atoms with Crippen molar-refractivity contribution < 1.29 is 4.79 Å². The number of benzene rings is 2. The summed E-state index contributed by atoms with van der Waals surface area (Å²) >= 11 is 0. The van der Waals surface area contributed by atoms with Crippen LogP contribution in [-0.2, 0) is 17.9 Å². The van der Waals surface area contributed by atoms with Gasteiger partial charge in [0.2, 0.25) is 5.91 Å². The lowest BCUT2D eigenvalue weighted by molar-refractivity contribution is -0.134. The highest BCUT2D eigenvalue weighted by atomic mass is 16.2. The van der Waals surface area contributed by atoms with Gasteiger partial charge in [0.05, 0.1) is 5.54 Å². The van der Waals surface area contributed by atoms with E-state index in [1.807, 2.05) is 17.0 Å². The average Bonchev–Trinajstić information content (AvgIpc) is 3.28. The first-order valence-corrected chi connectivity index (χ1v) is 7.42. The first-order chi connectivity index (χ1) is 10.2. The van der Waals surface area contributed by atoms with Gasteiger partial charge in [0.25, 0.3) is 0 Å². The van der Waals surface area contributed by atoms with E-state index in [4.69, 9.17) is 5.73 Å². The number of nitrogens with zero attached hydrogens (tertiary/aromatic N) is 1. The van der Waals surface area contributed by atoms with Gasteiger partial charge in [0, 0.05) is 13.1 Å². The number of hydrogen-bond acceptors (Lipinski definition) is 2. The number of hydrogen-bond donors (Lipinski definition) is 1. The summed E-state index contributed by atoms with van der Waals surface area (Å²) in [6.07, 6.45) is 1.62. The molecule has 0 spiro atoms. The molecule has 0 saturated heterocycles. The van der Waals surface area contributed by atoms with Gasteiger partial charge >= 0.3 is 0 Å². The number of carbonyl (C=O) groups excluding carboxylic acids is 1. The van der Waals surface area contributed by atoms with Crippen LogP contribution in [-0.4, -0.2) is 16.3 Å². The van der Waals surface area contributed by atoms with Crippen LogP contribution in [0.5, 0.6) is 0 Å². The average molecular weight is 278 g/mol. The van der Waals surface area contributed by atoms with Crippen molar-refractivity contribution >= 4 is 5.91 Å². The fourth-order valence-corrected chi connectivity index (χ4v) is 3.12. The summed E-state index contributed by atoms with van der Waals surface area (Å²) in [4.78, 5) is 14.6. The summed E-state index contributed by atoms with van der Waals surface area (Å²) in [7, 11) is 0. The van der Waals surface area contributed by atoms with E-state index in [1.54, 1.807) is 0 Å². The van der Waals surface area contributed by atoms with Gasteiger partial charge in [-0.15, -0.1) is 0 Å². The van der Waals surface area contributed by atoms with Gasteiger partial charge in [-0.25, -0.2) is 0 Å². The van der Waals surface area contributed by atoms with E-state index >= 15 is 0 Å². The van der Waals surface area contributed by atoms with Gasteiger partial charge in [-0.05, 0) is 35.1 Å². The Morgan fingerprint density at radius 2 is 1.38 bits per heavy atom. The van der Waals surface area contributed by atoms with Crippen molar-refractivity contribution in [2.75, 3.05) is 0 Å². The summed E-state index contributed by atoms with van der Waals surface area (Å²) in [5, 5.41) is 0. The quantitative estimate of drug-likeness (QED) is 0.871. The van der Waals surface area contributed by atoms with Gasteiger partial charge in [0.1, 0.15) is 0 Å². The van der Waals surface area contributed by atoms with Crippen LogP contribution in [0.25, 0.3) is 11.1 Å². The minimum absolute atomic E-state index is 0.0917. The van der Waals surface area contributed by atoms with Crippen LogP contribution in [0.15, 0.2) is 48.5 Å². The molecule has 2 N–H and O–H groups in total. The standard InChI is InChI=1S/C18H18N2O/c19-18(9-10-18)17(21)20-11-13-5-1-3-7-15(13)16-8-4-2-6-14(16)12-20/h1-8H,9-12,19H2. The van der Waals surface area contributed by atoms with E-state index in [-0.39, 0.29) is 5.91 Å². The maximum atomic E-state index is 12.7. The van der Waals surface area contributed by atoms with Crippen LogP contribution in [0.1, 0.15) is 24.0 Å². The third-order valence-electron chi connectivity index (χ3n) is 4.55. The molecule has 2 aliphatic rings. The fourth-order valence-electron chi connectivity index (χ4n) is 3.12. The van der Waals surface area contributed by atoms with E-state index < -0.39 is 5.54 Å². The molecule has 106 valence electrons. The molecule has 1 fully saturated rings. The normalized spacial score (nSPS) is 18.4. The van der Waals surface area contributed by atoms with Crippen LogP contribution in [0.2, 0.25) is 0 Å². The zero-order valence-electron chi connectivity index (χ0n) is 11.9. The van der Waals surface area contributed by atoms with Crippen molar-refractivity contribution in [1.29, 1.82) is 0 Å². The van der Waals surface area contributed by atoms with Crippen molar-refractivity contribution in [3.63, 3.8) is 0 Å². The van der Waals surface area contributed by atoms with Crippen molar-refractivity contribution in [3.05, 3.63) is 59.7 Å². The molecule has 0 aromatic heterocycles. The summed E-state index contributed by atoms with van der Waals surface area (Å²) in [5.41, 5.74) is 10.4. The Labute approximate surface area is 124 Å². The van der Waals surface area contributed by atoms with Gasteiger partial charge in [-0.3, -0.25) is 4.79 Å². The maximum Gasteiger partial charge on any atom is 0.243 e. The number of rotatable bonds is 1. The maximum absolute atomic E-state index is 12.7. The first kappa shape index (κ1) is 12.6. The van der Waals surface area contributed by atoms with Crippen LogP contribution >= 0.6 is 0 Å². The number of amides is 1. The fraction of sp³-hybridized carbons (Fsp3) is 0.278. The molecule has 4 rings (SSSR count). The predicted octanol–water partition coefficient (Wildman–Crippen LogP) is 2.69. The van der Waals surface area contributed by atoms with Crippen LogP contribution < -0.4 is 5.73 Å². The Kier molecular flexibility index (Phi) is 2.66. The molecule has 3 nitrogen and oxygen atoms in total. The topological polar surface area (TPSA) is 46.3 Å². The molecular formula is C18H18N2O. The minimum atomic E-state index is -0.603. The van der Waals surface area contributed by atoms with Crippen LogP contribution in [0.4, 0.5) is 0 Å². The molecular weight excluding hydrogens is 260 g/mol. The molecule has 1 saturated carbocycles. The molecule has 0 unspecified atom stereocenters. The Hall–Kier alpha value is -2.13. The molecule has 3 heteroatoms. The summed E-state index contributed by atoms with van der Waals surface area (Å²) in [6.45, 7) is 1.28. The van der Waals surface area contributed by atoms with E-state index in [9.17, 15) is 4.79 Å². The zero-order valence-corrected chi connectivity index (χ0v) is 11.9. The van der Waals surface area contributed by atoms with E-state index in [1.165, 1.54) is 22.3 Å². The lowest BCUT2D eigenvalue weighted by atomic mass is 9.97. The second-order valence-corrected chi connectivity index (χ2v) is 6.13. The highest BCUT2D eigenvalue weighted by molar-refractivity contribution is 5.89. The summed E-state index contributed by atoms with van der Waals surface area (Å²) in [5.74, 6) is 0.0917. The van der Waals surface area contributed by atoms with Gasteiger partial charge in [-0.2, -0.15) is 0 Å². The molecule has 2 aromatic carbocycles. The molecule has 0 atom stereocenters. The minimum Gasteiger partial charge on any atom is -0.332 e. The molecule has 0 radical (unpaired) electrons. The molecule has 1 aliphatic heterocycles. The second-order valence-electron chi connectivity index (χ2n) is 6.13. The van der Waals surface area contributed by atoms with E-state index in [0.29, 0.717) is 13.1 Å². The highest BCUT2D eigenvalue weighted by Gasteiger charge is 2.48. The monoisotopic (exact) mass is 278 g/mol. The third kappa shape index (κ3) is 2.05. The van der Waals surface area contributed by atoms with Crippen molar-refractivity contribution in [2.45, 2.75) is 31.5 Å². The van der Waals surface area contributed by atoms with Crippen molar-refractivity contribution in [1.82, 2.24) is 4.90 Å².